The van der Waals surface area contributed by atoms with Gasteiger partial charge in [0.1, 0.15) is 0 Å². The van der Waals surface area contributed by atoms with Gasteiger partial charge in [0.25, 0.3) is 0 Å². The molecule has 0 spiro atoms. The van der Waals surface area contributed by atoms with Gasteiger partial charge in [0.15, 0.2) is 11.0 Å². The van der Waals surface area contributed by atoms with Gasteiger partial charge in [-0.25, -0.2) is 0 Å². The van der Waals surface area contributed by atoms with E-state index in [0.29, 0.717) is 29.1 Å². The normalized spacial score (nSPS) is 10.4. The number of para-hydroxylation sites is 1. The van der Waals surface area contributed by atoms with Gasteiger partial charge >= 0.3 is 0 Å². The Balaban J connectivity index is 1.90. The lowest BCUT2D eigenvalue weighted by atomic mass is 10.1. The van der Waals surface area contributed by atoms with Crippen molar-refractivity contribution in [3.8, 4) is 29.2 Å². The molecule has 0 aliphatic carbocycles. The van der Waals surface area contributed by atoms with E-state index >= 15 is 0 Å². The number of hydrogen-bond donors (Lipinski definition) is 0. The fourth-order valence-electron chi connectivity index (χ4n) is 3.13. The highest BCUT2D eigenvalue weighted by molar-refractivity contribution is 7.99. The van der Waals surface area contributed by atoms with Gasteiger partial charge in [-0.1, -0.05) is 41.6 Å². The summed E-state index contributed by atoms with van der Waals surface area (Å²) in [5.74, 6) is 0.631. The Morgan fingerprint density at radius 1 is 1.06 bits per heavy atom. The lowest BCUT2D eigenvalue weighted by Gasteiger charge is -2.20. The molecule has 162 valence electrons. The molecule has 1 amide bonds. The quantitative estimate of drug-likeness (QED) is 0.427. The van der Waals surface area contributed by atoms with Crippen LogP contribution in [0.1, 0.15) is 18.4 Å². The van der Waals surface area contributed by atoms with Gasteiger partial charge in [0.05, 0.1) is 36.4 Å². The maximum absolute atomic E-state index is 12.8. The molecule has 3 aromatic rings. The molecule has 0 bridgehead atoms. The van der Waals surface area contributed by atoms with Crippen LogP contribution < -0.4 is 0 Å². The minimum atomic E-state index is -0.145. The smallest absolute Gasteiger partial charge is 0.233 e. The van der Waals surface area contributed by atoms with Crippen LogP contribution in [0, 0.1) is 29.6 Å². The zero-order valence-corrected chi connectivity index (χ0v) is 19.1. The first-order valence-electron chi connectivity index (χ1n) is 9.97. The third-order valence-corrected chi connectivity index (χ3v) is 5.92. The minimum Gasteiger partial charge on any atom is -0.340 e. The Morgan fingerprint density at radius 2 is 1.72 bits per heavy atom. The Labute approximate surface area is 196 Å². The summed E-state index contributed by atoms with van der Waals surface area (Å²) in [6, 6.07) is 19.3. The molecule has 2 aromatic carbocycles. The van der Waals surface area contributed by atoms with Crippen molar-refractivity contribution in [3.05, 3.63) is 59.1 Å². The zero-order valence-electron chi connectivity index (χ0n) is 17.5. The van der Waals surface area contributed by atoms with Crippen molar-refractivity contribution in [2.75, 3.05) is 18.8 Å². The Morgan fingerprint density at radius 3 is 2.34 bits per heavy atom. The molecule has 0 radical (unpaired) electrons. The number of rotatable bonds is 9. The second-order valence-corrected chi connectivity index (χ2v) is 8.30. The average Bonchev–Trinajstić information content (AvgIpc) is 3.22. The first kappa shape index (κ1) is 23.3. The molecule has 0 atom stereocenters. The van der Waals surface area contributed by atoms with Crippen molar-refractivity contribution in [2.24, 2.45) is 0 Å². The number of halogens is 1. The van der Waals surface area contributed by atoms with Crippen LogP contribution in [0.4, 0.5) is 0 Å². The maximum atomic E-state index is 12.8. The van der Waals surface area contributed by atoms with E-state index in [1.54, 1.807) is 17.0 Å². The van der Waals surface area contributed by atoms with Gasteiger partial charge in [0.2, 0.25) is 5.91 Å². The van der Waals surface area contributed by atoms with E-state index in [-0.39, 0.29) is 24.5 Å². The average molecular weight is 465 g/mol. The molecule has 0 fully saturated rings. The van der Waals surface area contributed by atoms with E-state index in [9.17, 15) is 4.79 Å². The number of nitriles is 2. The lowest BCUT2D eigenvalue weighted by Crippen LogP contribution is -2.34. The van der Waals surface area contributed by atoms with E-state index in [4.69, 9.17) is 22.1 Å². The molecule has 3 rings (SSSR count). The fraction of sp³-hybridized carbons (Fsp3) is 0.261. The standard InChI is InChI=1S/C23H21ClN6OS/c1-17-6-2-3-7-20(17)30-22(18-8-10-19(24)11-9-18)27-28-23(30)32-16-21(31)29(14-4-12-25)15-5-13-26/h2-3,6-11H,4-5,14-16H2,1H3. The molecule has 7 nitrogen and oxygen atoms in total. The topological polar surface area (TPSA) is 98.6 Å². The molecule has 0 saturated carbocycles. The largest absolute Gasteiger partial charge is 0.340 e. The summed E-state index contributed by atoms with van der Waals surface area (Å²) in [5, 5.41) is 27.7. The van der Waals surface area contributed by atoms with Crippen molar-refractivity contribution < 1.29 is 4.79 Å². The summed E-state index contributed by atoms with van der Waals surface area (Å²) in [5.41, 5.74) is 2.82. The van der Waals surface area contributed by atoms with Crippen molar-refractivity contribution in [3.63, 3.8) is 0 Å². The van der Waals surface area contributed by atoms with E-state index in [1.165, 1.54) is 11.8 Å². The van der Waals surface area contributed by atoms with Gasteiger partial charge < -0.3 is 4.90 Å². The second-order valence-electron chi connectivity index (χ2n) is 6.92. The summed E-state index contributed by atoms with van der Waals surface area (Å²) in [6.45, 7) is 2.61. The number of thioether (sulfide) groups is 1. The monoisotopic (exact) mass is 464 g/mol. The molecule has 0 unspecified atom stereocenters. The van der Waals surface area contributed by atoms with Gasteiger partial charge in [-0.05, 0) is 42.8 Å². The second kappa shape index (κ2) is 11.3. The number of amides is 1. The summed E-state index contributed by atoms with van der Waals surface area (Å²) in [7, 11) is 0. The molecule has 0 N–H and O–H groups in total. The van der Waals surface area contributed by atoms with Crippen LogP contribution in [0.5, 0.6) is 0 Å². The van der Waals surface area contributed by atoms with Gasteiger partial charge in [0, 0.05) is 23.7 Å². The van der Waals surface area contributed by atoms with Crippen LogP contribution in [0.25, 0.3) is 17.1 Å². The number of carbonyl (C=O) groups excluding carboxylic acids is 1. The summed E-state index contributed by atoms with van der Waals surface area (Å²) in [6.07, 6.45) is 0.448. The minimum absolute atomic E-state index is 0.126. The highest BCUT2D eigenvalue weighted by atomic mass is 35.5. The summed E-state index contributed by atoms with van der Waals surface area (Å²) >= 11 is 7.32. The molecule has 0 saturated heterocycles. The van der Waals surface area contributed by atoms with Gasteiger partial charge in [-0.2, -0.15) is 10.5 Å². The molecular formula is C23H21ClN6OS. The SMILES string of the molecule is Cc1ccccc1-n1c(SCC(=O)N(CCC#N)CCC#N)nnc1-c1ccc(Cl)cc1. The van der Waals surface area contributed by atoms with Gasteiger partial charge in [-0.3, -0.25) is 9.36 Å². The van der Waals surface area contributed by atoms with Crippen LogP contribution in [-0.2, 0) is 4.79 Å². The lowest BCUT2D eigenvalue weighted by molar-refractivity contribution is -0.128. The summed E-state index contributed by atoms with van der Waals surface area (Å²) < 4.78 is 1.94. The number of carbonyl (C=O) groups is 1. The number of hydrogen-bond acceptors (Lipinski definition) is 6. The number of aryl methyl sites for hydroxylation is 1. The fourth-order valence-corrected chi connectivity index (χ4v) is 4.10. The summed E-state index contributed by atoms with van der Waals surface area (Å²) in [4.78, 5) is 14.3. The highest BCUT2D eigenvalue weighted by Gasteiger charge is 2.20. The van der Waals surface area contributed by atoms with Crippen LogP contribution in [0.15, 0.2) is 53.7 Å². The zero-order chi connectivity index (χ0) is 22.9. The Hall–Kier alpha value is -3.33. The van der Waals surface area contributed by atoms with Crippen molar-refractivity contribution in [1.82, 2.24) is 19.7 Å². The molecule has 9 heteroatoms. The van der Waals surface area contributed by atoms with Crippen LogP contribution >= 0.6 is 23.4 Å². The number of benzene rings is 2. The molecule has 1 aromatic heterocycles. The third kappa shape index (κ3) is 5.67. The highest BCUT2D eigenvalue weighted by Crippen LogP contribution is 2.30. The van der Waals surface area contributed by atoms with Crippen LogP contribution in [0.3, 0.4) is 0 Å². The first-order chi connectivity index (χ1) is 15.5. The van der Waals surface area contributed by atoms with Crippen molar-refractivity contribution in [1.29, 1.82) is 10.5 Å². The maximum Gasteiger partial charge on any atom is 0.233 e. The van der Waals surface area contributed by atoms with Crippen LogP contribution in [-0.4, -0.2) is 44.4 Å². The Bertz CT molecular complexity index is 1140. The van der Waals surface area contributed by atoms with E-state index < -0.39 is 0 Å². The molecule has 0 aliphatic heterocycles. The predicted octanol–water partition coefficient (Wildman–Crippen LogP) is 4.64. The van der Waals surface area contributed by atoms with E-state index in [2.05, 4.69) is 10.2 Å². The Kier molecular flexibility index (Phi) is 8.27. The predicted molar refractivity (Wildman–Crippen MR) is 124 cm³/mol. The van der Waals surface area contributed by atoms with Gasteiger partial charge in [-0.15, -0.1) is 10.2 Å². The molecule has 0 aliphatic rings. The van der Waals surface area contributed by atoms with E-state index in [1.807, 2.05) is 60.0 Å². The van der Waals surface area contributed by atoms with Crippen molar-refractivity contribution >= 4 is 29.3 Å². The van der Waals surface area contributed by atoms with Crippen molar-refractivity contribution in [2.45, 2.75) is 24.9 Å². The molecule has 32 heavy (non-hydrogen) atoms. The third-order valence-electron chi connectivity index (χ3n) is 4.76. The molecule has 1 heterocycles. The van der Waals surface area contributed by atoms with E-state index in [0.717, 1.165) is 16.8 Å². The number of nitrogens with zero attached hydrogens (tertiary/aromatic N) is 6. The first-order valence-corrected chi connectivity index (χ1v) is 11.3. The molecular weight excluding hydrogens is 444 g/mol. The number of aromatic nitrogens is 3. The van der Waals surface area contributed by atoms with Crippen LogP contribution in [0.2, 0.25) is 5.02 Å².